The minimum absolute atomic E-state index is 0.162. The summed E-state index contributed by atoms with van der Waals surface area (Å²) >= 11 is 0. The molecular formula is C12H15N5O2. The minimum atomic E-state index is -0.162. The Morgan fingerprint density at radius 3 is 3.21 bits per heavy atom. The van der Waals surface area contributed by atoms with Crippen LogP contribution in [0.2, 0.25) is 0 Å². The predicted octanol–water partition coefficient (Wildman–Crippen LogP) is 1.73. The zero-order chi connectivity index (χ0) is 13.2. The lowest BCUT2D eigenvalue weighted by Crippen LogP contribution is -2.32. The largest absolute Gasteiger partial charge is 0.348 e. The first-order valence-electron chi connectivity index (χ1n) is 6.21. The first-order valence-corrected chi connectivity index (χ1v) is 6.21. The number of imidazole rings is 1. The van der Waals surface area contributed by atoms with Crippen molar-refractivity contribution in [2.24, 2.45) is 0 Å². The first-order chi connectivity index (χ1) is 9.22. The highest BCUT2D eigenvalue weighted by Gasteiger charge is 2.29. The number of H-pyrrole nitrogens is 1. The van der Waals surface area contributed by atoms with Gasteiger partial charge in [0.05, 0.1) is 5.69 Å². The van der Waals surface area contributed by atoms with Crippen LogP contribution in [0.5, 0.6) is 0 Å². The number of anilines is 1. The Kier molecular flexibility index (Phi) is 2.94. The number of carbonyl (C=O) groups is 1. The highest BCUT2D eigenvalue weighted by Crippen LogP contribution is 2.25. The summed E-state index contributed by atoms with van der Waals surface area (Å²) in [6.45, 7) is 3.18. The molecule has 1 aliphatic rings. The monoisotopic (exact) mass is 261 g/mol. The summed E-state index contributed by atoms with van der Waals surface area (Å²) in [5, 5.41) is 6.43. The van der Waals surface area contributed by atoms with Crippen LogP contribution >= 0.6 is 0 Å². The van der Waals surface area contributed by atoms with Gasteiger partial charge in [0.15, 0.2) is 0 Å². The minimum Gasteiger partial charge on any atom is -0.348 e. The maximum absolute atomic E-state index is 12.0. The Balaban J connectivity index is 1.60. The molecule has 1 saturated heterocycles. The van der Waals surface area contributed by atoms with Crippen LogP contribution in [0.25, 0.3) is 0 Å². The van der Waals surface area contributed by atoms with Gasteiger partial charge in [-0.3, -0.25) is 5.32 Å². The molecule has 19 heavy (non-hydrogen) atoms. The van der Waals surface area contributed by atoms with E-state index in [4.69, 9.17) is 4.52 Å². The maximum Gasteiger partial charge on any atom is 0.324 e. The van der Waals surface area contributed by atoms with Crippen LogP contribution in [0.1, 0.15) is 23.9 Å². The molecule has 0 aliphatic carbocycles. The van der Waals surface area contributed by atoms with Crippen molar-refractivity contribution in [1.82, 2.24) is 20.0 Å². The van der Waals surface area contributed by atoms with Crippen molar-refractivity contribution < 1.29 is 9.32 Å². The molecule has 0 bridgehead atoms. The molecule has 1 unspecified atom stereocenters. The SMILES string of the molecule is Cc1cc(NC(=O)N2CCC(c3ncc[nH]3)C2)on1. The van der Waals surface area contributed by atoms with E-state index in [1.54, 1.807) is 23.4 Å². The van der Waals surface area contributed by atoms with Gasteiger partial charge in [0.25, 0.3) is 0 Å². The van der Waals surface area contributed by atoms with Gasteiger partial charge in [0.2, 0.25) is 5.88 Å². The fraction of sp³-hybridized carbons (Fsp3) is 0.417. The van der Waals surface area contributed by atoms with Gasteiger partial charge < -0.3 is 14.4 Å². The molecule has 7 heteroatoms. The van der Waals surface area contributed by atoms with Gasteiger partial charge in [-0.15, -0.1) is 0 Å². The average Bonchev–Trinajstić information content (AvgIpc) is 3.08. The third kappa shape index (κ3) is 2.44. The summed E-state index contributed by atoms with van der Waals surface area (Å²) in [5.74, 6) is 1.59. The molecule has 2 aromatic rings. The van der Waals surface area contributed by atoms with E-state index in [0.717, 1.165) is 17.9 Å². The van der Waals surface area contributed by atoms with E-state index in [0.29, 0.717) is 19.0 Å². The molecule has 0 saturated carbocycles. The Morgan fingerprint density at radius 2 is 2.53 bits per heavy atom. The Bertz CT molecular complexity index is 562. The fourth-order valence-electron chi connectivity index (χ4n) is 2.28. The maximum atomic E-state index is 12.0. The number of aromatic nitrogens is 3. The number of carbonyl (C=O) groups excluding carboxylic acids is 1. The van der Waals surface area contributed by atoms with Crippen molar-refractivity contribution in [1.29, 1.82) is 0 Å². The van der Waals surface area contributed by atoms with Gasteiger partial charge in [0.1, 0.15) is 5.82 Å². The van der Waals surface area contributed by atoms with Gasteiger partial charge in [-0.2, -0.15) is 0 Å². The molecule has 0 aromatic carbocycles. The lowest BCUT2D eigenvalue weighted by molar-refractivity contribution is 0.221. The fourth-order valence-corrected chi connectivity index (χ4v) is 2.28. The molecule has 7 nitrogen and oxygen atoms in total. The van der Waals surface area contributed by atoms with Crippen LogP contribution in [0, 0.1) is 6.92 Å². The van der Waals surface area contributed by atoms with E-state index in [9.17, 15) is 4.79 Å². The molecule has 0 spiro atoms. The van der Waals surface area contributed by atoms with E-state index in [1.165, 1.54) is 0 Å². The molecule has 3 heterocycles. The molecule has 0 radical (unpaired) electrons. The summed E-state index contributed by atoms with van der Waals surface area (Å²) in [5.41, 5.74) is 0.741. The molecule has 2 N–H and O–H groups in total. The zero-order valence-corrected chi connectivity index (χ0v) is 10.6. The van der Waals surface area contributed by atoms with Gasteiger partial charge in [0, 0.05) is 37.5 Å². The number of hydrogen-bond acceptors (Lipinski definition) is 4. The second-order valence-electron chi connectivity index (χ2n) is 4.67. The number of likely N-dealkylation sites (tertiary alicyclic amines) is 1. The Labute approximate surface area is 110 Å². The van der Waals surface area contributed by atoms with Crippen LogP contribution in [0.15, 0.2) is 23.0 Å². The van der Waals surface area contributed by atoms with Crippen molar-refractivity contribution in [2.75, 3.05) is 18.4 Å². The van der Waals surface area contributed by atoms with Crippen LogP contribution < -0.4 is 5.32 Å². The molecule has 3 rings (SSSR count). The molecule has 1 fully saturated rings. The zero-order valence-electron chi connectivity index (χ0n) is 10.6. The quantitative estimate of drug-likeness (QED) is 0.861. The lowest BCUT2D eigenvalue weighted by atomic mass is 10.1. The van der Waals surface area contributed by atoms with Crippen molar-refractivity contribution >= 4 is 11.9 Å². The van der Waals surface area contributed by atoms with Crippen LogP contribution in [0.3, 0.4) is 0 Å². The van der Waals surface area contributed by atoms with Crippen molar-refractivity contribution in [3.05, 3.63) is 30.0 Å². The van der Waals surface area contributed by atoms with E-state index < -0.39 is 0 Å². The van der Waals surface area contributed by atoms with E-state index in [2.05, 4.69) is 20.4 Å². The number of rotatable bonds is 2. The van der Waals surface area contributed by atoms with E-state index in [1.807, 2.05) is 6.92 Å². The van der Waals surface area contributed by atoms with Crippen molar-refractivity contribution in [3.63, 3.8) is 0 Å². The lowest BCUT2D eigenvalue weighted by Gasteiger charge is -2.15. The molecule has 100 valence electrons. The van der Waals surface area contributed by atoms with Crippen LogP contribution in [-0.2, 0) is 0 Å². The number of urea groups is 1. The van der Waals surface area contributed by atoms with E-state index >= 15 is 0 Å². The Morgan fingerprint density at radius 1 is 1.63 bits per heavy atom. The smallest absolute Gasteiger partial charge is 0.324 e. The van der Waals surface area contributed by atoms with Gasteiger partial charge in [-0.05, 0) is 13.3 Å². The molecule has 1 aliphatic heterocycles. The Hall–Kier alpha value is -2.31. The van der Waals surface area contributed by atoms with Gasteiger partial charge in [-0.25, -0.2) is 9.78 Å². The summed E-state index contributed by atoms with van der Waals surface area (Å²) < 4.78 is 4.97. The summed E-state index contributed by atoms with van der Waals surface area (Å²) in [7, 11) is 0. The molecule has 2 aromatic heterocycles. The molecule has 2 amide bonds. The third-order valence-electron chi connectivity index (χ3n) is 3.24. The summed E-state index contributed by atoms with van der Waals surface area (Å²) in [6, 6.07) is 1.53. The normalized spacial score (nSPS) is 18.8. The average molecular weight is 261 g/mol. The van der Waals surface area contributed by atoms with Crippen molar-refractivity contribution in [2.45, 2.75) is 19.3 Å². The number of aryl methyl sites for hydroxylation is 1. The number of aromatic amines is 1. The predicted molar refractivity (Wildman–Crippen MR) is 67.8 cm³/mol. The van der Waals surface area contributed by atoms with Gasteiger partial charge in [-0.1, -0.05) is 5.16 Å². The molecular weight excluding hydrogens is 246 g/mol. The van der Waals surface area contributed by atoms with E-state index in [-0.39, 0.29) is 11.9 Å². The van der Waals surface area contributed by atoms with Crippen LogP contribution in [-0.4, -0.2) is 39.1 Å². The number of amides is 2. The topological polar surface area (TPSA) is 87.0 Å². The number of nitrogens with one attached hydrogen (secondary N) is 2. The standard InChI is InChI=1S/C12H15N5O2/c1-8-6-10(19-16-8)15-12(18)17-5-2-9(7-17)11-13-3-4-14-11/h3-4,6,9H,2,5,7H2,1H3,(H,13,14)(H,15,18). The van der Waals surface area contributed by atoms with Crippen LogP contribution in [0.4, 0.5) is 10.7 Å². The molecule has 1 atom stereocenters. The highest BCUT2D eigenvalue weighted by molar-refractivity contribution is 5.88. The van der Waals surface area contributed by atoms with Gasteiger partial charge >= 0.3 is 6.03 Å². The number of hydrogen-bond donors (Lipinski definition) is 2. The third-order valence-corrected chi connectivity index (χ3v) is 3.24. The second-order valence-corrected chi connectivity index (χ2v) is 4.67. The first kappa shape index (κ1) is 11.8. The number of nitrogens with zero attached hydrogens (tertiary/aromatic N) is 3. The highest BCUT2D eigenvalue weighted by atomic mass is 16.5. The summed E-state index contributed by atoms with van der Waals surface area (Å²) in [4.78, 5) is 21.1. The second kappa shape index (κ2) is 4.75. The summed E-state index contributed by atoms with van der Waals surface area (Å²) in [6.07, 6.45) is 4.45. The van der Waals surface area contributed by atoms with Crippen molar-refractivity contribution in [3.8, 4) is 0 Å².